The maximum Gasteiger partial charge on any atom is 0.414 e. The summed E-state index contributed by atoms with van der Waals surface area (Å²) in [5.74, 6) is -3.36. The third-order valence-electron chi connectivity index (χ3n) is 3.78. The van der Waals surface area contributed by atoms with Crippen molar-refractivity contribution in [3.05, 3.63) is 70.1 Å². The Morgan fingerprint density at radius 3 is 2.38 bits per heavy atom. The van der Waals surface area contributed by atoms with Crippen molar-refractivity contribution >= 4 is 41.1 Å². The quantitative estimate of drug-likeness (QED) is 0.523. The van der Waals surface area contributed by atoms with Crippen LogP contribution in [0.1, 0.15) is 5.56 Å². The lowest BCUT2D eigenvalue weighted by atomic mass is 10.2. The number of carboxylic acid groups (broad SMARTS) is 2. The summed E-state index contributed by atoms with van der Waals surface area (Å²) in [6.07, 6.45) is 1.75. The van der Waals surface area contributed by atoms with E-state index in [-0.39, 0.29) is 12.4 Å². The van der Waals surface area contributed by atoms with Crippen LogP contribution in [0.4, 0.5) is 10.3 Å². The Morgan fingerprint density at radius 2 is 1.79 bits per heavy atom. The molecule has 152 valence electrons. The second-order valence-corrected chi connectivity index (χ2v) is 6.54. The molecule has 0 saturated heterocycles. The molecule has 0 aliphatic heterocycles. The van der Waals surface area contributed by atoms with Crippen molar-refractivity contribution < 1.29 is 24.2 Å². The van der Waals surface area contributed by atoms with Gasteiger partial charge in [-0.3, -0.25) is 0 Å². The third kappa shape index (κ3) is 5.94. The number of rotatable bonds is 4. The average molecular weight is 440 g/mol. The summed E-state index contributed by atoms with van der Waals surface area (Å²) in [5.41, 5.74) is 2.29. The van der Waals surface area contributed by atoms with Gasteiger partial charge in [0, 0.05) is 34.8 Å². The van der Waals surface area contributed by atoms with Gasteiger partial charge in [-0.2, -0.15) is 0 Å². The topological polar surface area (TPSA) is 104 Å². The molecule has 3 N–H and O–H groups in total. The molecule has 0 aliphatic rings. The molecule has 0 unspecified atom stereocenters. The van der Waals surface area contributed by atoms with Gasteiger partial charge in [0.05, 0.1) is 11.9 Å². The largest absolute Gasteiger partial charge is 0.473 e. The third-order valence-corrected chi connectivity index (χ3v) is 4.37. The van der Waals surface area contributed by atoms with E-state index in [0.717, 1.165) is 11.3 Å². The Morgan fingerprint density at radius 1 is 1.14 bits per heavy atom. The maximum atomic E-state index is 13.8. The maximum absolute atomic E-state index is 13.8. The van der Waals surface area contributed by atoms with Crippen molar-refractivity contribution in [3.8, 4) is 11.3 Å². The smallest absolute Gasteiger partial charge is 0.414 e. The minimum atomic E-state index is -1.82. The Labute approximate surface area is 175 Å². The number of aromatic nitrogens is 2. The summed E-state index contributed by atoms with van der Waals surface area (Å²) in [6, 6.07) is 12.2. The zero-order valence-electron chi connectivity index (χ0n) is 15.1. The highest BCUT2D eigenvalue weighted by Gasteiger charge is 2.11. The lowest BCUT2D eigenvalue weighted by Crippen LogP contribution is -2.09. The van der Waals surface area contributed by atoms with Gasteiger partial charge in [-0.05, 0) is 24.3 Å². The predicted octanol–water partition coefficient (Wildman–Crippen LogP) is 4.30. The van der Waals surface area contributed by atoms with E-state index in [1.807, 2.05) is 35.9 Å². The van der Waals surface area contributed by atoms with E-state index in [9.17, 15) is 4.39 Å². The molecule has 0 spiro atoms. The van der Waals surface area contributed by atoms with E-state index in [1.54, 1.807) is 18.3 Å². The van der Waals surface area contributed by atoms with E-state index >= 15 is 0 Å². The standard InChI is InChI=1S/C17H14Cl2FN3.C2H2O4/c1-23-16(11-4-2-5-12(18)8-11)10-22-17(23)21-9-13-14(19)6-3-7-15(13)20;3-1(4)2(5)6/h2-8,10H,9H2,1H3,(H,21,22);(H,3,4)(H,5,6). The number of benzene rings is 2. The van der Waals surface area contributed by atoms with Crippen LogP contribution in [-0.4, -0.2) is 31.7 Å². The fourth-order valence-corrected chi connectivity index (χ4v) is 2.78. The monoisotopic (exact) mass is 439 g/mol. The number of nitrogens with one attached hydrogen (secondary N) is 1. The Balaban J connectivity index is 0.000000438. The van der Waals surface area contributed by atoms with Crippen molar-refractivity contribution in [2.45, 2.75) is 6.54 Å². The SMILES string of the molecule is Cn1c(-c2cccc(Cl)c2)cnc1NCc1c(F)cccc1Cl.O=C(O)C(=O)O. The first kappa shape index (κ1) is 22.2. The molecular formula is C19H16Cl2FN3O4. The van der Waals surface area contributed by atoms with Crippen LogP contribution in [0.5, 0.6) is 0 Å². The van der Waals surface area contributed by atoms with Gasteiger partial charge < -0.3 is 20.1 Å². The fraction of sp³-hybridized carbons (Fsp3) is 0.105. The lowest BCUT2D eigenvalue weighted by Gasteiger charge is -2.10. The van der Waals surface area contributed by atoms with Gasteiger partial charge in [-0.1, -0.05) is 41.4 Å². The Bertz CT molecular complexity index is 1010. The minimum Gasteiger partial charge on any atom is -0.473 e. The second kappa shape index (κ2) is 9.90. The molecule has 0 bridgehead atoms. The first-order chi connectivity index (χ1) is 13.7. The lowest BCUT2D eigenvalue weighted by molar-refractivity contribution is -0.159. The molecule has 29 heavy (non-hydrogen) atoms. The predicted molar refractivity (Wildman–Crippen MR) is 108 cm³/mol. The van der Waals surface area contributed by atoms with Crippen molar-refractivity contribution in [3.63, 3.8) is 0 Å². The van der Waals surface area contributed by atoms with E-state index in [2.05, 4.69) is 10.3 Å². The molecule has 7 nitrogen and oxygen atoms in total. The highest BCUT2D eigenvalue weighted by molar-refractivity contribution is 6.31. The van der Waals surface area contributed by atoms with Crippen LogP contribution < -0.4 is 5.32 Å². The van der Waals surface area contributed by atoms with E-state index in [0.29, 0.717) is 21.6 Å². The number of hydrogen-bond donors (Lipinski definition) is 3. The summed E-state index contributed by atoms with van der Waals surface area (Å²) < 4.78 is 15.7. The summed E-state index contributed by atoms with van der Waals surface area (Å²) in [4.78, 5) is 22.5. The number of carbonyl (C=O) groups is 2. The normalized spacial score (nSPS) is 10.1. The summed E-state index contributed by atoms with van der Waals surface area (Å²) in [5, 5.41) is 18.9. The molecule has 0 fully saturated rings. The molecule has 3 aromatic rings. The van der Waals surface area contributed by atoms with Gasteiger partial charge >= 0.3 is 11.9 Å². The van der Waals surface area contributed by atoms with Crippen molar-refractivity contribution in [2.24, 2.45) is 7.05 Å². The van der Waals surface area contributed by atoms with Gasteiger partial charge in [0.1, 0.15) is 5.82 Å². The zero-order chi connectivity index (χ0) is 21.6. The fourth-order valence-electron chi connectivity index (χ4n) is 2.36. The van der Waals surface area contributed by atoms with Gasteiger partial charge in [-0.15, -0.1) is 0 Å². The zero-order valence-corrected chi connectivity index (χ0v) is 16.6. The second-order valence-electron chi connectivity index (χ2n) is 5.70. The highest BCUT2D eigenvalue weighted by Crippen LogP contribution is 2.25. The number of hydrogen-bond acceptors (Lipinski definition) is 4. The van der Waals surface area contributed by atoms with Gasteiger partial charge in [-0.25, -0.2) is 19.0 Å². The molecule has 1 aromatic heterocycles. The van der Waals surface area contributed by atoms with Gasteiger partial charge in [0.2, 0.25) is 5.95 Å². The molecule has 0 amide bonds. The number of carboxylic acids is 2. The Hall–Kier alpha value is -3.10. The number of nitrogens with zero attached hydrogens (tertiary/aromatic N) is 2. The van der Waals surface area contributed by atoms with Crippen molar-refractivity contribution in [2.75, 3.05) is 5.32 Å². The van der Waals surface area contributed by atoms with Crippen LogP contribution in [0.15, 0.2) is 48.7 Å². The van der Waals surface area contributed by atoms with Crippen LogP contribution in [0.3, 0.4) is 0 Å². The van der Waals surface area contributed by atoms with E-state index in [4.69, 9.17) is 43.0 Å². The van der Waals surface area contributed by atoms with Crippen LogP contribution in [0.2, 0.25) is 10.0 Å². The summed E-state index contributed by atoms with van der Waals surface area (Å²) >= 11 is 12.1. The molecule has 0 aliphatic carbocycles. The molecule has 0 radical (unpaired) electrons. The van der Waals surface area contributed by atoms with E-state index in [1.165, 1.54) is 6.07 Å². The van der Waals surface area contributed by atoms with Crippen LogP contribution >= 0.6 is 23.2 Å². The first-order valence-corrected chi connectivity index (χ1v) is 8.87. The number of aliphatic carboxylic acids is 2. The van der Waals surface area contributed by atoms with Crippen molar-refractivity contribution in [1.82, 2.24) is 9.55 Å². The van der Waals surface area contributed by atoms with Gasteiger partial charge in [0.25, 0.3) is 0 Å². The minimum absolute atomic E-state index is 0.255. The number of halogens is 3. The van der Waals surface area contributed by atoms with Crippen LogP contribution in [0, 0.1) is 5.82 Å². The molecule has 0 saturated carbocycles. The number of anilines is 1. The van der Waals surface area contributed by atoms with E-state index < -0.39 is 11.9 Å². The molecule has 0 atom stereocenters. The molecule has 1 heterocycles. The molecule has 2 aromatic carbocycles. The average Bonchev–Trinajstić information content (AvgIpc) is 3.02. The molecular weight excluding hydrogens is 424 g/mol. The summed E-state index contributed by atoms with van der Waals surface area (Å²) in [6.45, 7) is 0.255. The molecule has 10 heteroatoms. The van der Waals surface area contributed by atoms with Crippen LogP contribution in [-0.2, 0) is 23.2 Å². The van der Waals surface area contributed by atoms with Gasteiger partial charge in [0.15, 0.2) is 0 Å². The number of imidazole rings is 1. The Kier molecular flexibility index (Phi) is 7.58. The molecule has 3 rings (SSSR count). The van der Waals surface area contributed by atoms with Crippen molar-refractivity contribution in [1.29, 1.82) is 0 Å². The first-order valence-electron chi connectivity index (χ1n) is 8.11. The van der Waals surface area contributed by atoms with Crippen LogP contribution in [0.25, 0.3) is 11.3 Å². The highest BCUT2D eigenvalue weighted by atomic mass is 35.5. The summed E-state index contributed by atoms with van der Waals surface area (Å²) in [7, 11) is 1.88.